The van der Waals surface area contributed by atoms with Crippen LogP contribution in [0.3, 0.4) is 0 Å². The molecule has 94 valence electrons. The van der Waals surface area contributed by atoms with Gasteiger partial charge in [0.05, 0.1) is 0 Å². The van der Waals surface area contributed by atoms with Gasteiger partial charge < -0.3 is 5.32 Å². The molecule has 0 aliphatic heterocycles. The number of aromatic nitrogens is 2. The molecule has 1 aromatic heterocycles. The molecule has 1 aromatic carbocycles. The molecule has 1 N–H and O–H groups in total. The zero-order chi connectivity index (χ0) is 13.0. The first-order chi connectivity index (χ1) is 8.69. The Morgan fingerprint density at radius 2 is 2.17 bits per heavy atom. The van der Waals surface area contributed by atoms with Crippen molar-refractivity contribution in [1.82, 2.24) is 15.3 Å². The van der Waals surface area contributed by atoms with Crippen LogP contribution in [0.25, 0.3) is 0 Å². The summed E-state index contributed by atoms with van der Waals surface area (Å²) >= 11 is 1.45. The molecule has 2 aromatic rings. The molecule has 0 aliphatic rings. The van der Waals surface area contributed by atoms with Crippen LogP contribution in [0.2, 0.25) is 0 Å². The Morgan fingerprint density at radius 3 is 2.89 bits per heavy atom. The minimum Gasteiger partial charge on any atom is -0.316 e. The van der Waals surface area contributed by atoms with E-state index in [1.54, 1.807) is 12.3 Å². The van der Waals surface area contributed by atoms with E-state index in [2.05, 4.69) is 15.3 Å². The van der Waals surface area contributed by atoms with Crippen LogP contribution in [0.4, 0.5) is 4.39 Å². The number of aryl methyl sites for hydroxylation is 1. The molecular weight excluding hydrogens is 249 g/mol. The van der Waals surface area contributed by atoms with E-state index >= 15 is 0 Å². The van der Waals surface area contributed by atoms with Crippen LogP contribution in [0.1, 0.15) is 11.3 Å². The lowest BCUT2D eigenvalue weighted by Crippen LogP contribution is -2.06. The van der Waals surface area contributed by atoms with E-state index < -0.39 is 0 Å². The van der Waals surface area contributed by atoms with Gasteiger partial charge in [0.15, 0.2) is 5.16 Å². The van der Waals surface area contributed by atoms with Crippen LogP contribution in [-0.2, 0) is 6.54 Å². The summed E-state index contributed by atoms with van der Waals surface area (Å²) in [6.45, 7) is 2.54. The summed E-state index contributed by atoms with van der Waals surface area (Å²) in [5.74, 6) is -0.227. The normalized spacial score (nSPS) is 10.6. The second-order valence-corrected chi connectivity index (χ2v) is 4.87. The van der Waals surface area contributed by atoms with Gasteiger partial charge in [-0.25, -0.2) is 14.4 Å². The minimum absolute atomic E-state index is 0.227. The Balaban J connectivity index is 2.28. The molecule has 1 heterocycles. The standard InChI is InChI=1S/C13H14FN3S/c1-9-5-6-16-13(17-9)18-12-4-3-11(14)7-10(12)8-15-2/h3-7,15H,8H2,1-2H3. The summed E-state index contributed by atoms with van der Waals surface area (Å²) < 4.78 is 13.2. The van der Waals surface area contributed by atoms with Crippen LogP contribution in [-0.4, -0.2) is 17.0 Å². The van der Waals surface area contributed by atoms with E-state index in [4.69, 9.17) is 0 Å². The van der Waals surface area contributed by atoms with Gasteiger partial charge in [0, 0.05) is 23.3 Å². The lowest BCUT2D eigenvalue weighted by atomic mass is 10.2. The van der Waals surface area contributed by atoms with Gasteiger partial charge in [-0.2, -0.15) is 0 Å². The molecule has 0 spiro atoms. The van der Waals surface area contributed by atoms with Crippen molar-refractivity contribution in [3.8, 4) is 0 Å². The number of hydrogen-bond acceptors (Lipinski definition) is 4. The molecule has 0 saturated heterocycles. The van der Waals surface area contributed by atoms with Crippen molar-refractivity contribution < 1.29 is 4.39 Å². The quantitative estimate of drug-likeness (QED) is 0.861. The number of rotatable bonds is 4. The molecule has 3 nitrogen and oxygen atoms in total. The van der Waals surface area contributed by atoms with Crippen LogP contribution < -0.4 is 5.32 Å². The van der Waals surface area contributed by atoms with Gasteiger partial charge in [-0.1, -0.05) is 0 Å². The molecule has 0 bridgehead atoms. The topological polar surface area (TPSA) is 37.8 Å². The van der Waals surface area contributed by atoms with E-state index in [1.165, 1.54) is 23.9 Å². The van der Waals surface area contributed by atoms with Gasteiger partial charge >= 0.3 is 0 Å². The van der Waals surface area contributed by atoms with Crippen LogP contribution in [0.15, 0.2) is 40.5 Å². The molecule has 2 rings (SSSR count). The number of nitrogens with one attached hydrogen (secondary N) is 1. The highest BCUT2D eigenvalue weighted by Gasteiger charge is 2.07. The first-order valence-electron chi connectivity index (χ1n) is 5.59. The number of hydrogen-bond donors (Lipinski definition) is 1. The highest BCUT2D eigenvalue weighted by atomic mass is 32.2. The summed E-state index contributed by atoms with van der Waals surface area (Å²) in [7, 11) is 1.84. The Labute approximate surface area is 110 Å². The molecule has 0 radical (unpaired) electrons. The summed E-state index contributed by atoms with van der Waals surface area (Å²) in [6, 6.07) is 6.60. The monoisotopic (exact) mass is 263 g/mol. The zero-order valence-corrected chi connectivity index (χ0v) is 11.1. The first-order valence-corrected chi connectivity index (χ1v) is 6.41. The lowest BCUT2D eigenvalue weighted by molar-refractivity contribution is 0.621. The molecule has 0 saturated carbocycles. The lowest BCUT2D eigenvalue weighted by Gasteiger charge is -2.08. The Bertz CT molecular complexity index is 546. The summed E-state index contributed by atoms with van der Waals surface area (Å²) in [5, 5.41) is 3.71. The molecular formula is C13H14FN3S. The second kappa shape index (κ2) is 5.93. The highest BCUT2D eigenvalue weighted by Crippen LogP contribution is 2.28. The Morgan fingerprint density at radius 1 is 1.33 bits per heavy atom. The molecule has 18 heavy (non-hydrogen) atoms. The van der Waals surface area contributed by atoms with Gasteiger partial charge in [0.25, 0.3) is 0 Å². The summed E-state index contributed by atoms with van der Waals surface area (Å²) in [4.78, 5) is 9.49. The van der Waals surface area contributed by atoms with Gasteiger partial charge in [-0.05, 0) is 55.6 Å². The zero-order valence-electron chi connectivity index (χ0n) is 10.3. The van der Waals surface area contributed by atoms with Crippen molar-refractivity contribution >= 4 is 11.8 Å². The van der Waals surface area contributed by atoms with E-state index in [-0.39, 0.29) is 5.82 Å². The van der Waals surface area contributed by atoms with Crippen molar-refractivity contribution in [2.45, 2.75) is 23.5 Å². The first kappa shape index (κ1) is 13.0. The third-order valence-corrected chi connectivity index (χ3v) is 3.36. The van der Waals surface area contributed by atoms with Crippen molar-refractivity contribution in [3.05, 3.63) is 47.5 Å². The summed E-state index contributed by atoms with van der Waals surface area (Å²) in [6.07, 6.45) is 1.73. The minimum atomic E-state index is -0.227. The largest absolute Gasteiger partial charge is 0.316 e. The SMILES string of the molecule is CNCc1cc(F)ccc1Sc1nccc(C)n1. The van der Waals surface area contributed by atoms with Gasteiger partial charge in [-0.3, -0.25) is 0 Å². The van der Waals surface area contributed by atoms with E-state index in [1.807, 2.05) is 20.0 Å². The van der Waals surface area contributed by atoms with Crippen LogP contribution in [0.5, 0.6) is 0 Å². The molecule has 0 unspecified atom stereocenters. The maximum absolute atomic E-state index is 13.2. The summed E-state index contributed by atoms with van der Waals surface area (Å²) in [5.41, 5.74) is 1.83. The smallest absolute Gasteiger partial charge is 0.192 e. The Kier molecular flexibility index (Phi) is 4.28. The number of nitrogens with zero attached hydrogens (tertiary/aromatic N) is 2. The third kappa shape index (κ3) is 3.27. The number of halogens is 1. The third-order valence-electron chi connectivity index (χ3n) is 2.36. The fourth-order valence-electron chi connectivity index (χ4n) is 1.55. The Hall–Kier alpha value is -1.46. The maximum atomic E-state index is 13.2. The molecule has 0 atom stereocenters. The maximum Gasteiger partial charge on any atom is 0.192 e. The fraction of sp³-hybridized carbons (Fsp3) is 0.231. The van der Waals surface area contributed by atoms with Gasteiger partial charge in [-0.15, -0.1) is 0 Å². The predicted molar refractivity (Wildman–Crippen MR) is 70.1 cm³/mol. The second-order valence-electron chi connectivity index (χ2n) is 3.87. The van der Waals surface area contributed by atoms with Crippen LogP contribution in [0, 0.1) is 12.7 Å². The highest BCUT2D eigenvalue weighted by molar-refractivity contribution is 7.99. The van der Waals surface area contributed by atoms with Gasteiger partial charge in [0.2, 0.25) is 0 Å². The van der Waals surface area contributed by atoms with Crippen molar-refractivity contribution in [3.63, 3.8) is 0 Å². The number of benzene rings is 1. The van der Waals surface area contributed by atoms with Gasteiger partial charge in [0.1, 0.15) is 5.82 Å². The van der Waals surface area contributed by atoms with Crippen molar-refractivity contribution in [2.24, 2.45) is 0 Å². The average Bonchev–Trinajstić information content (AvgIpc) is 2.33. The molecule has 5 heteroatoms. The molecule has 0 amide bonds. The fourth-order valence-corrected chi connectivity index (χ4v) is 2.45. The molecule has 0 fully saturated rings. The van der Waals surface area contributed by atoms with Crippen molar-refractivity contribution in [1.29, 1.82) is 0 Å². The molecule has 0 aliphatic carbocycles. The average molecular weight is 263 g/mol. The van der Waals surface area contributed by atoms with E-state index in [9.17, 15) is 4.39 Å². The van der Waals surface area contributed by atoms with E-state index in [0.29, 0.717) is 11.7 Å². The van der Waals surface area contributed by atoms with Crippen molar-refractivity contribution in [2.75, 3.05) is 7.05 Å². The van der Waals surface area contributed by atoms with Crippen LogP contribution >= 0.6 is 11.8 Å². The van der Waals surface area contributed by atoms with E-state index in [0.717, 1.165) is 16.2 Å². The predicted octanol–water partition coefficient (Wildman–Crippen LogP) is 2.79.